The smallest absolute Gasteiger partial charge is 0.317 e. The fourth-order valence-corrected chi connectivity index (χ4v) is 2.80. The normalized spacial score (nSPS) is 19.6. The summed E-state index contributed by atoms with van der Waals surface area (Å²) in [5.41, 5.74) is 0. The lowest BCUT2D eigenvalue weighted by molar-refractivity contribution is 0.196. The maximum atomic E-state index is 12.0. The van der Waals surface area contributed by atoms with Crippen LogP contribution in [-0.4, -0.2) is 55.1 Å². The summed E-state index contributed by atoms with van der Waals surface area (Å²) >= 11 is 0. The molecule has 1 aliphatic heterocycles. The number of nitrogens with one attached hydrogen (secondary N) is 1. The average molecular weight is 267 g/mol. The zero-order chi connectivity index (χ0) is 13.5. The predicted octanol–water partition coefficient (Wildman–Crippen LogP) is 2.30. The third-order valence-electron chi connectivity index (χ3n) is 4.30. The molecule has 2 rings (SSSR count). The van der Waals surface area contributed by atoms with E-state index in [1.807, 2.05) is 4.90 Å². The molecule has 0 aromatic rings. The molecule has 110 valence electrons. The van der Waals surface area contributed by atoms with Crippen LogP contribution in [0, 0.1) is 5.92 Å². The maximum Gasteiger partial charge on any atom is 0.317 e. The van der Waals surface area contributed by atoms with Gasteiger partial charge in [0.15, 0.2) is 0 Å². The van der Waals surface area contributed by atoms with Crippen LogP contribution in [0.15, 0.2) is 0 Å². The second-order valence-electron chi connectivity index (χ2n) is 5.95. The first-order valence-corrected chi connectivity index (χ1v) is 8.04. The van der Waals surface area contributed by atoms with Crippen molar-refractivity contribution >= 4 is 6.03 Å². The molecule has 1 saturated heterocycles. The second-order valence-corrected chi connectivity index (χ2v) is 5.95. The van der Waals surface area contributed by atoms with Crippen LogP contribution in [-0.2, 0) is 0 Å². The van der Waals surface area contributed by atoms with Crippen molar-refractivity contribution in [2.24, 2.45) is 5.92 Å². The quantitative estimate of drug-likeness (QED) is 0.732. The number of urea groups is 1. The van der Waals surface area contributed by atoms with Gasteiger partial charge >= 0.3 is 6.03 Å². The molecule has 0 unspecified atom stereocenters. The molecule has 1 N–H and O–H groups in total. The number of hydrogen-bond acceptors (Lipinski definition) is 2. The molecule has 1 heterocycles. The van der Waals surface area contributed by atoms with Gasteiger partial charge in [0.1, 0.15) is 0 Å². The summed E-state index contributed by atoms with van der Waals surface area (Å²) in [5.74, 6) is 0.894. The van der Waals surface area contributed by atoms with Crippen LogP contribution in [0.3, 0.4) is 0 Å². The van der Waals surface area contributed by atoms with Crippen LogP contribution in [0.1, 0.15) is 45.4 Å². The fourth-order valence-electron chi connectivity index (χ4n) is 2.80. The number of likely N-dealkylation sites (tertiary alicyclic amines) is 1. The van der Waals surface area contributed by atoms with Crippen molar-refractivity contribution in [2.45, 2.75) is 45.4 Å². The van der Waals surface area contributed by atoms with E-state index in [1.54, 1.807) is 0 Å². The minimum absolute atomic E-state index is 0.129. The largest absolute Gasteiger partial charge is 0.338 e. The Morgan fingerprint density at radius 3 is 2.68 bits per heavy atom. The molecule has 2 fully saturated rings. The average Bonchev–Trinajstić information content (AvgIpc) is 3.09. The van der Waals surface area contributed by atoms with E-state index < -0.39 is 0 Å². The molecule has 1 saturated carbocycles. The van der Waals surface area contributed by atoms with Gasteiger partial charge in [-0.1, -0.05) is 12.8 Å². The van der Waals surface area contributed by atoms with Gasteiger partial charge in [-0.3, -0.25) is 0 Å². The Labute approximate surface area is 117 Å². The molecule has 0 aromatic carbocycles. The Morgan fingerprint density at radius 1 is 1.32 bits per heavy atom. The summed E-state index contributed by atoms with van der Waals surface area (Å²) in [6.45, 7) is 8.27. The van der Waals surface area contributed by atoms with Gasteiger partial charge in [-0.15, -0.1) is 0 Å². The van der Waals surface area contributed by atoms with Crippen molar-refractivity contribution < 1.29 is 4.79 Å². The van der Waals surface area contributed by atoms with E-state index in [2.05, 4.69) is 17.1 Å². The van der Waals surface area contributed by atoms with Crippen molar-refractivity contribution in [1.29, 1.82) is 0 Å². The van der Waals surface area contributed by atoms with Crippen LogP contribution >= 0.6 is 0 Å². The standard InChI is InChI=1S/C15H29N3O/c1-2-18(13-5-12-17-10-3-4-11-17)15(19)16-9-8-14-6-7-14/h14H,2-13H2,1H3,(H,16,19). The highest BCUT2D eigenvalue weighted by Gasteiger charge is 2.21. The first-order chi connectivity index (χ1) is 9.29. The first-order valence-electron chi connectivity index (χ1n) is 8.04. The summed E-state index contributed by atoms with van der Waals surface area (Å²) < 4.78 is 0. The highest BCUT2D eigenvalue weighted by atomic mass is 16.2. The number of carbonyl (C=O) groups is 1. The molecular weight excluding hydrogens is 238 g/mol. The summed E-state index contributed by atoms with van der Waals surface area (Å²) in [6, 6.07) is 0.129. The summed E-state index contributed by atoms with van der Waals surface area (Å²) in [4.78, 5) is 16.5. The predicted molar refractivity (Wildman–Crippen MR) is 78.3 cm³/mol. The van der Waals surface area contributed by atoms with Gasteiger partial charge in [0.2, 0.25) is 0 Å². The Hall–Kier alpha value is -0.770. The molecule has 19 heavy (non-hydrogen) atoms. The van der Waals surface area contributed by atoms with E-state index in [0.717, 1.165) is 44.9 Å². The highest BCUT2D eigenvalue weighted by molar-refractivity contribution is 5.74. The number of amides is 2. The minimum Gasteiger partial charge on any atom is -0.338 e. The molecular formula is C15H29N3O. The number of hydrogen-bond donors (Lipinski definition) is 1. The monoisotopic (exact) mass is 267 g/mol. The number of nitrogens with zero attached hydrogens (tertiary/aromatic N) is 2. The van der Waals surface area contributed by atoms with Gasteiger partial charge in [0, 0.05) is 19.6 Å². The minimum atomic E-state index is 0.129. The molecule has 0 atom stereocenters. The van der Waals surface area contributed by atoms with E-state index in [4.69, 9.17) is 0 Å². The molecule has 2 amide bonds. The van der Waals surface area contributed by atoms with Gasteiger partial charge in [0.25, 0.3) is 0 Å². The van der Waals surface area contributed by atoms with E-state index in [0.29, 0.717) is 0 Å². The van der Waals surface area contributed by atoms with Gasteiger partial charge in [-0.05, 0) is 58.2 Å². The molecule has 0 radical (unpaired) electrons. The highest BCUT2D eigenvalue weighted by Crippen LogP contribution is 2.31. The van der Waals surface area contributed by atoms with E-state index >= 15 is 0 Å². The SMILES string of the molecule is CCN(CCCN1CCCC1)C(=O)NCCC1CC1. The number of rotatable bonds is 8. The Morgan fingerprint density at radius 2 is 2.05 bits per heavy atom. The maximum absolute atomic E-state index is 12.0. The zero-order valence-electron chi connectivity index (χ0n) is 12.4. The summed E-state index contributed by atoms with van der Waals surface area (Å²) in [7, 11) is 0. The van der Waals surface area contributed by atoms with Crippen LogP contribution in [0.25, 0.3) is 0 Å². The lowest BCUT2D eigenvalue weighted by Crippen LogP contribution is -2.41. The van der Waals surface area contributed by atoms with Crippen molar-refractivity contribution in [3.63, 3.8) is 0 Å². The van der Waals surface area contributed by atoms with Gasteiger partial charge < -0.3 is 15.1 Å². The summed E-state index contributed by atoms with van der Waals surface area (Å²) in [6.07, 6.45) is 7.69. The Bertz CT molecular complexity index is 273. The molecule has 4 nitrogen and oxygen atoms in total. The van der Waals surface area contributed by atoms with E-state index in [1.165, 1.54) is 38.8 Å². The van der Waals surface area contributed by atoms with Gasteiger partial charge in [-0.2, -0.15) is 0 Å². The Kier molecular flexibility index (Phi) is 5.95. The van der Waals surface area contributed by atoms with Gasteiger partial charge in [0.05, 0.1) is 0 Å². The van der Waals surface area contributed by atoms with Crippen LogP contribution in [0.2, 0.25) is 0 Å². The van der Waals surface area contributed by atoms with Crippen molar-refractivity contribution in [3.05, 3.63) is 0 Å². The third kappa shape index (κ3) is 5.39. The van der Waals surface area contributed by atoms with E-state index in [9.17, 15) is 4.79 Å². The lowest BCUT2D eigenvalue weighted by atomic mass is 10.3. The zero-order valence-corrected chi connectivity index (χ0v) is 12.4. The molecule has 0 aromatic heterocycles. The van der Waals surface area contributed by atoms with Crippen molar-refractivity contribution in [2.75, 3.05) is 39.3 Å². The topological polar surface area (TPSA) is 35.6 Å². The molecule has 4 heteroatoms. The van der Waals surface area contributed by atoms with Crippen molar-refractivity contribution in [1.82, 2.24) is 15.1 Å². The summed E-state index contributed by atoms with van der Waals surface area (Å²) in [5, 5.41) is 3.06. The third-order valence-corrected chi connectivity index (χ3v) is 4.30. The fraction of sp³-hybridized carbons (Fsp3) is 0.933. The first kappa shape index (κ1) is 14.6. The van der Waals surface area contributed by atoms with Gasteiger partial charge in [-0.25, -0.2) is 4.79 Å². The second kappa shape index (κ2) is 7.73. The van der Waals surface area contributed by atoms with Crippen molar-refractivity contribution in [3.8, 4) is 0 Å². The van der Waals surface area contributed by atoms with E-state index in [-0.39, 0.29) is 6.03 Å². The molecule has 0 spiro atoms. The lowest BCUT2D eigenvalue weighted by Gasteiger charge is -2.23. The van der Waals surface area contributed by atoms with Crippen LogP contribution < -0.4 is 5.32 Å². The number of carbonyl (C=O) groups excluding carboxylic acids is 1. The molecule has 2 aliphatic rings. The molecule has 1 aliphatic carbocycles. The molecule has 0 bridgehead atoms. The Balaban J connectivity index is 1.55. The van der Waals surface area contributed by atoms with Crippen LogP contribution in [0.4, 0.5) is 4.79 Å². The van der Waals surface area contributed by atoms with Crippen LogP contribution in [0.5, 0.6) is 0 Å².